The van der Waals surface area contributed by atoms with Gasteiger partial charge in [0, 0.05) is 62.4 Å². The molecule has 3 fully saturated rings. The van der Waals surface area contributed by atoms with Gasteiger partial charge in [-0.15, -0.1) is 0 Å². The van der Waals surface area contributed by atoms with Crippen LogP contribution in [0.2, 0.25) is 0 Å². The molecule has 6 heteroatoms. The second kappa shape index (κ2) is 7.58. The molecule has 2 aromatic rings. The summed E-state index contributed by atoms with van der Waals surface area (Å²) in [6.07, 6.45) is 4.77. The Hall–Kier alpha value is -2.76. The van der Waals surface area contributed by atoms with Gasteiger partial charge in [0.1, 0.15) is 5.76 Å². The first-order chi connectivity index (χ1) is 14.2. The second-order valence-electron chi connectivity index (χ2n) is 8.39. The van der Waals surface area contributed by atoms with Crippen molar-refractivity contribution in [2.45, 2.75) is 25.2 Å². The second-order valence-corrected chi connectivity index (χ2v) is 8.39. The lowest BCUT2D eigenvalue weighted by Gasteiger charge is -2.36. The Morgan fingerprint density at radius 1 is 0.862 bits per heavy atom. The van der Waals surface area contributed by atoms with E-state index in [-0.39, 0.29) is 5.91 Å². The summed E-state index contributed by atoms with van der Waals surface area (Å²) < 4.78 is 5.50. The third-order valence-electron chi connectivity index (χ3n) is 6.42. The van der Waals surface area contributed by atoms with Crippen molar-refractivity contribution in [2.75, 3.05) is 44.2 Å². The number of anilines is 1. The number of benzene rings is 1. The molecule has 2 saturated heterocycles. The van der Waals surface area contributed by atoms with Crippen LogP contribution >= 0.6 is 0 Å². The van der Waals surface area contributed by atoms with Crippen LogP contribution in [0.5, 0.6) is 0 Å². The van der Waals surface area contributed by atoms with Gasteiger partial charge in [-0.25, -0.2) is 0 Å². The molecule has 2 amide bonds. The average Bonchev–Trinajstić information content (AvgIpc) is 3.26. The predicted molar refractivity (Wildman–Crippen MR) is 110 cm³/mol. The Morgan fingerprint density at radius 2 is 1.62 bits per heavy atom. The number of amides is 2. The number of piperazine rings is 1. The van der Waals surface area contributed by atoms with E-state index in [1.54, 1.807) is 6.26 Å². The summed E-state index contributed by atoms with van der Waals surface area (Å²) >= 11 is 0. The Bertz CT molecular complexity index is 865. The lowest BCUT2D eigenvalue weighted by atomic mass is 10.1. The van der Waals surface area contributed by atoms with Gasteiger partial charge in [0.2, 0.25) is 5.91 Å². The minimum absolute atomic E-state index is 0.0884. The van der Waals surface area contributed by atoms with E-state index in [1.807, 2.05) is 46.2 Å². The van der Waals surface area contributed by atoms with Crippen LogP contribution in [0.1, 0.15) is 41.3 Å². The van der Waals surface area contributed by atoms with E-state index in [4.69, 9.17) is 4.42 Å². The van der Waals surface area contributed by atoms with Crippen molar-refractivity contribution < 1.29 is 14.0 Å². The predicted octanol–water partition coefficient (Wildman–Crippen LogP) is 2.97. The molecule has 152 valence electrons. The van der Waals surface area contributed by atoms with Crippen LogP contribution in [-0.2, 0) is 4.79 Å². The van der Waals surface area contributed by atoms with E-state index < -0.39 is 0 Å². The molecule has 1 aromatic heterocycles. The minimum Gasteiger partial charge on any atom is -0.469 e. The molecule has 2 aliphatic heterocycles. The summed E-state index contributed by atoms with van der Waals surface area (Å²) in [5.74, 6) is 1.98. The third-order valence-corrected chi connectivity index (χ3v) is 6.42. The Kier molecular flexibility index (Phi) is 4.78. The fourth-order valence-electron chi connectivity index (χ4n) is 4.47. The smallest absolute Gasteiger partial charge is 0.253 e. The quantitative estimate of drug-likeness (QED) is 0.801. The Morgan fingerprint density at radius 3 is 2.28 bits per heavy atom. The standard InChI is InChI=1S/C23H27N3O3/c27-22(17-3-4-17)25-13-11-24(12-14-25)20-7-5-18(6-8-20)23(28)26-10-9-19(16-26)21-2-1-15-29-21/h1-2,5-8,15,17,19H,3-4,9-14,16H2. The topological polar surface area (TPSA) is 57.0 Å². The molecule has 0 bridgehead atoms. The van der Waals surface area contributed by atoms with Crippen LogP contribution in [0, 0.1) is 5.92 Å². The molecule has 1 saturated carbocycles. The minimum atomic E-state index is 0.0884. The van der Waals surface area contributed by atoms with Crippen molar-refractivity contribution in [3.05, 3.63) is 54.0 Å². The molecule has 3 heterocycles. The summed E-state index contributed by atoms with van der Waals surface area (Å²) in [5.41, 5.74) is 1.85. The molecule has 1 aromatic carbocycles. The van der Waals surface area contributed by atoms with E-state index in [1.165, 1.54) is 0 Å². The fraction of sp³-hybridized carbons (Fsp3) is 0.478. The highest BCUT2D eigenvalue weighted by molar-refractivity contribution is 5.94. The number of rotatable bonds is 4. The third kappa shape index (κ3) is 3.76. The maximum atomic E-state index is 12.9. The number of nitrogens with zero attached hydrogens (tertiary/aromatic N) is 3. The highest BCUT2D eigenvalue weighted by Crippen LogP contribution is 2.32. The number of furan rings is 1. The van der Waals surface area contributed by atoms with Crippen molar-refractivity contribution in [1.82, 2.24) is 9.80 Å². The highest BCUT2D eigenvalue weighted by Gasteiger charge is 2.34. The van der Waals surface area contributed by atoms with Gasteiger partial charge in [-0.3, -0.25) is 9.59 Å². The van der Waals surface area contributed by atoms with Gasteiger partial charge in [-0.2, -0.15) is 0 Å². The summed E-state index contributed by atoms with van der Waals surface area (Å²) in [6.45, 7) is 4.76. The van der Waals surface area contributed by atoms with Crippen molar-refractivity contribution >= 4 is 17.5 Å². The van der Waals surface area contributed by atoms with Crippen LogP contribution in [0.4, 0.5) is 5.69 Å². The zero-order valence-electron chi connectivity index (χ0n) is 16.6. The summed E-state index contributed by atoms with van der Waals surface area (Å²) in [7, 11) is 0. The lowest BCUT2D eigenvalue weighted by molar-refractivity contribution is -0.132. The highest BCUT2D eigenvalue weighted by atomic mass is 16.3. The van der Waals surface area contributed by atoms with Crippen molar-refractivity contribution in [2.24, 2.45) is 5.92 Å². The average molecular weight is 393 g/mol. The van der Waals surface area contributed by atoms with Crippen LogP contribution in [0.15, 0.2) is 47.1 Å². The summed E-state index contributed by atoms with van der Waals surface area (Å²) in [6, 6.07) is 11.8. The van der Waals surface area contributed by atoms with Gasteiger partial charge in [-0.1, -0.05) is 0 Å². The number of carbonyl (C=O) groups is 2. The van der Waals surface area contributed by atoms with Gasteiger partial charge < -0.3 is 19.1 Å². The maximum Gasteiger partial charge on any atom is 0.253 e. The molecule has 0 spiro atoms. The van der Waals surface area contributed by atoms with E-state index in [2.05, 4.69) is 4.90 Å². The molecule has 0 N–H and O–H groups in total. The van der Waals surface area contributed by atoms with Crippen LogP contribution in [-0.4, -0.2) is 60.9 Å². The molecule has 0 radical (unpaired) electrons. The molecule has 5 rings (SSSR count). The first-order valence-corrected chi connectivity index (χ1v) is 10.7. The van der Waals surface area contributed by atoms with Crippen LogP contribution in [0.3, 0.4) is 0 Å². The first-order valence-electron chi connectivity index (χ1n) is 10.7. The number of likely N-dealkylation sites (tertiary alicyclic amines) is 1. The molecule has 6 nitrogen and oxygen atoms in total. The monoisotopic (exact) mass is 393 g/mol. The normalized spacial score (nSPS) is 22.2. The maximum absolute atomic E-state index is 12.9. The van der Waals surface area contributed by atoms with E-state index in [0.29, 0.717) is 24.3 Å². The number of hydrogen-bond donors (Lipinski definition) is 0. The zero-order valence-corrected chi connectivity index (χ0v) is 16.6. The Labute approximate surface area is 171 Å². The van der Waals surface area contributed by atoms with Crippen LogP contribution in [0.25, 0.3) is 0 Å². The van der Waals surface area contributed by atoms with E-state index in [0.717, 1.165) is 69.0 Å². The zero-order chi connectivity index (χ0) is 19.8. The molecule has 1 atom stereocenters. The molecule has 3 aliphatic rings. The molecule has 1 unspecified atom stereocenters. The first kappa shape index (κ1) is 18.3. The summed E-state index contributed by atoms with van der Waals surface area (Å²) in [4.78, 5) is 31.3. The van der Waals surface area contributed by atoms with Gasteiger partial charge in [0.25, 0.3) is 5.91 Å². The molecule has 1 aliphatic carbocycles. The summed E-state index contributed by atoms with van der Waals surface area (Å²) in [5, 5.41) is 0. The van der Waals surface area contributed by atoms with Gasteiger partial charge in [0.15, 0.2) is 0 Å². The van der Waals surface area contributed by atoms with E-state index in [9.17, 15) is 9.59 Å². The van der Waals surface area contributed by atoms with Crippen molar-refractivity contribution in [3.63, 3.8) is 0 Å². The molecule has 29 heavy (non-hydrogen) atoms. The molecular formula is C23H27N3O3. The van der Waals surface area contributed by atoms with Crippen molar-refractivity contribution in [3.8, 4) is 0 Å². The SMILES string of the molecule is O=C(c1ccc(N2CCN(C(=O)C3CC3)CC2)cc1)N1CCC(c2ccco2)C1. The van der Waals surface area contributed by atoms with E-state index >= 15 is 0 Å². The fourth-order valence-corrected chi connectivity index (χ4v) is 4.47. The number of hydrogen-bond acceptors (Lipinski definition) is 4. The van der Waals surface area contributed by atoms with Gasteiger partial charge in [-0.05, 0) is 55.7 Å². The largest absolute Gasteiger partial charge is 0.469 e. The van der Waals surface area contributed by atoms with Gasteiger partial charge >= 0.3 is 0 Å². The molecular weight excluding hydrogens is 366 g/mol. The lowest BCUT2D eigenvalue weighted by Crippen LogP contribution is -2.49. The number of carbonyl (C=O) groups excluding carboxylic acids is 2. The Balaban J connectivity index is 1.17. The van der Waals surface area contributed by atoms with Crippen molar-refractivity contribution in [1.29, 1.82) is 0 Å². The van der Waals surface area contributed by atoms with Gasteiger partial charge in [0.05, 0.1) is 6.26 Å². The van der Waals surface area contributed by atoms with Crippen LogP contribution < -0.4 is 4.90 Å².